The third kappa shape index (κ3) is 4.10. The van der Waals surface area contributed by atoms with E-state index in [0.717, 1.165) is 65.9 Å². The molecule has 0 unspecified atom stereocenters. The number of pyridine rings is 1. The van der Waals surface area contributed by atoms with Crippen molar-refractivity contribution in [1.82, 2.24) is 19.9 Å². The Balaban J connectivity index is 1.45. The van der Waals surface area contributed by atoms with Crippen LogP contribution in [0.1, 0.15) is 11.4 Å². The summed E-state index contributed by atoms with van der Waals surface area (Å²) in [6.07, 6.45) is 1.86. The highest BCUT2D eigenvalue weighted by molar-refractivity contribution is 7.98. The summed E-state index contributed by atoms with van der Waals surface area (Å²) >= 11 is 1.76. The number of hydrogen-bond acceptors (Lipinski definition) is 6. The van der Waals surface area contributed by atoms with Crippen LogP contribution < -0.4 is 0 Å². The molecule has 0 aliphatic carbocycles. The van der Waals surface area contributed by atoms with Gasteiger partial charge in [-0.2, -0.15) is 0 Å². The Bertz CT molecular complexity index is 1140. The fraction of sp³-hybridized carbons (Fsp3) is 0.261. The second kappa shape index (κ2) is 8.45. The Morgan fingerprint density at radius 1 is 0.931 bits per heavy atom. The van der Waals surface area contributed by atoms with Gasteiger partial charge in [-0.3, -0.25) is 9.88 Å². The van der Waals surface area contributed by atoms with Gasteiger partial charge in [0.25, 0.3) is 0 Å². The molecule has 2 aromatic heterocycles. The fourth-order valence-electron chi connectivity index (χ4n) is 3.66. The maximum absolute atomic E-state index is 5.46. The van der Waals surface area contributed by atoms with Gasteiger partial charge >= 0.3 is 0 Å². The smallest absolute Gasteiger partial charge is 0.144 e. The lowest BCUT2D eigenvalue weighted by Gasteiger charge is -2.25. The lowest BCUT2D eigenvalue weighted by Crippen LogP contribution is -2.36. The Hall–Kier alpha value is -2.54. The molecule has 5 rings (SSSR count). The number of benzene rings is 2. The highest BCUT2D eigenvalue weighted by Crippen LogP contribution is 2.30. The van der Waals surface area contributed by atoms with Gasteiger partial charge in [0, 0.05) is 35.8 Å². The molecule has 0 bridgehead atoms. The van der Waals surface area contributed by atoms with Crippen LogP contribution in [0, 0.1) is 0 Å². The van der Waals surface area contributed by atoms with Gasteiger partial charge < -0.3 is 4.74 Å². The highest BCUT2D eigenvalue weighted by atomic mass is 32.2. The summed E-state index contributed by atoms with van der Waals surface area (Å²) in [5, 5.41) is 3.31. The summed E-state index contributed by atoms with van der Waals surface area (Å²) in [7, 11) is 0. The van der Waals surface area contributed by atoms with Crippen molar-refractivity contribution in [3.8, 4) is 0 Å². The van der Waals surface area contributed by atoms with E-state index in [2.05, 4.69) is 52.3 Å². The summed E-state index contributed by atoms with van der Waals surface area (Å²) < 4.78 is 5.46. The first-order chi connectivity index (χ1) is 14.4. The number of thioether (sulfide) groups is 1. The van der Waals surface area contributed by atoms with Crippen molar-refractivity contribution in [3.05, 3.63) is 72.2 Å². The maximum atomic E-state index is 5.46. The zero-order chi connectivity index (χ0) is 19.5. The number of rotatable bonds is 5. The normalized spacial score (nSPS) is 15.2. The van der Waals surface area contributed by atoms with Crippen LogP contribution >= 0.6 is 11.8 Å². The van der Waals surface area contributed by atoms with Gasteiger partial charge in [-0.15, -0.1) is 11.8 Å². The van der Waals surface area contributed by atoms with Crippen molar-refractivity contribution in [2.75, 3.05) is 26.3 Å². The molecule has 1 aliphatic rings. The van der Waals surface area contributed by atoms with E-state index in [0.29, 0.717) is 0 Å². The Labute approximate surface area is 174 Å². The van der Waals surface area contributed by atoms with E-state index in [9.17, 15) is 0 Å². The molecule has 146 valence electrons. The first kappa shape index (κ1) is 18.5. The Morgan fingerprint density at radius 3 is 2.72 bits per heavy atom. The molecule has 1 aliphatic heterocycles. The molecule has 5 nitrogen and oxygen atoms in total. The fourth-order valence-corrected chi connectivity index (χ4v) is 4.69. The third-order valence-electron chi connectivity index (χ3n) is 5.16. The molecule has 0 spiro atoms. The standard InChI is InChI=1S/C23H22N4OS/c1-2-9-20-19(8-1)23(26-21(25-20)15-27-11-13-28-14-12-27)29-16-18-6-3-5-17-7-4-10-24-22(17)18/h1-10H,11-16H2. The van der Waals surface area contributed by atoms with Crippen LogP contribution in [-0.4, -0.2) is 46.2 Å². The van der Waals surface area contributed by atoms with Gasteiger partial charge in [0.05, 0.1) is 30.8 Å². The molecule has 0 N–H and O–H groups in total. The summed E-state index contributed by atoms with van der Waals surface area (Å²) in [6, 6.07) is 18.7. The third-order valence-corrected chi connectivity index (χ3v) is 6.20. The Kier molecular flexibility index (Phi) is 5.39. The van der Waals surface area contributed by atoms with Crippen molar-refractivity contribution in [1.29, 1.82) is 0 Å². The topological polar surface area (TPSA) is 51.1 Å². The van der Waals surface area contributed by atoms with Gasteiger partial charge in [-0.05, 0) is 17.7 Å². The van der Waals surface area contributed by atoms with E-state index < -0.39 is 0 Å². The predicted molar refractivity (Wildman–Crippen MR) is 117 cm³/mol. The van der Waals surface area contributed by atoms with Crippen LogP contribution in [0.4, 0.5) is 0 Å². The average molecular weight is 403 g/mol. The molecule has 1 saturated heterocycles. The minimum absolute atomic E-state index is 0.761. The van der Waals surface area contributed by atoms with E-state index in [1.54, 1.807) is 11.8 Å². The van der Waals surface area contributed by atoms with Crippen molar-refractivity contribution < 1.29 is 4.74 Å². The quantitative estimate of drug-likeness (QED) is 0.366. The van der Waals surface area contributed by atoms with E-state index in [1.807, 2.05) is 18.3 Å². The number of nitrogens with zero attached hydrogens (tertiary/aromatic N) is 4. The lowest BCUT2D eigenvalue weighted by molar-refractivity contribution is 0.0330. The van der Waals surface area contributed by atoms with Crippen molar-refractivity contribution >= 4 is 33.6 Å². The zero-order valence-electron chi connectivity index (χ0n) is 16.1. The van der Waals surface area contributed by atoms with Crippen LogP contribution in [0.5, 0.6) is 0 Å². The molecule has 1 fully saturated rings. The molecular weight excluding hydrogens is 380 g/mol. The van der Waals surface area contributed by atoms with E-state index >= 15 is 0 Å². The molecule has 0 amide bonds. The predicted octanol–water partition coefficient (Wildman–Crippen LogP) is 4.30. The van der Waals surface area contributed by atoms with E-state index in [-0.39, 0.29) is 0 Å². The number of para-hydroxylation sites is 2. The minimum atomic E-state index is 0.761. The van der Waals surface area contributed by atoms with Gasteiger partial charge in [-0.25, -0.2) is 9.97 Å². The summed E-state index contributed by atoms with van der Waals surface area (Å²) in [4.78, 5) is 16.7. The molecule has 0 saturated carbocycles. The lowest BCUT2D eigenvalue weighted by atomic mass is 10.1. The van der Waals surface area contributed by atoms with Gasteiger partial charge in [-0.1, -0.05) is 42.5 Å². The van der Waals surface area contributed by atoms with Gasteiger partial charge in [0.15, 0.2) is 0 Å². The second-order valence-electron chi connectivity index (χ2n) is 7.13. The second-order valence-corrected chi connectivity index (χ2v) is 8.10. The van der Waals surface area contributed by atoms with Crippen LogP contribution in [-0.2, 0) is 17.0 Å². The van der Waals surface area contributed by atoms with E-state index in [4.69, 9.17) is 14.7 Å². The van der Waals surface area contributed by atoms with Crippen molar-refractivity contribution in [2.24, 2.45) is 0 Å². The summed E-state index contributed by atoms with van der Waals surface area (Å²) in [5.41, 5.74) is 3.30. The van der Waals surface area contributed by atoms with Crippen molar-refractivity contribution in [2.45, 2.75) is 17.3 Å². The van der Waals surface area contributed by atoms with Crippen LogP contribution in [0.3, 0.4) is 0 Å². The monoisotopic (exact) mass is 402 g/mol. The largest absolute Gasteiger partial charge is 0.379 e. The number of morpholine rings is 1. The zero-order valence-corrected chi connectivity index (χ0v) is 16.9. The van der Waals surface area contributed by atoms with Gasteiger partial charge in [0.1, 0.15) is 10.9 Å². The number of ether oxygens (including phenoxy) is 1. The highest BCUT2D eigenvalue weighted by Gasteiger charge is 2.15. The minimum Gasteiger partial charge on any atom is -0.379 e. The molecule has 0 atom stereocenters. The number of aromatic nitrogens is 3. The van der Waals surface area contributed by atoms with Crippen LogP contribution in [0.15, 0.2) is 65.8 Å². The molecule has 2 aromatic carbocycles. The molecule has 3 heterocycles. The molecule has 4 aromatic rings. The Morgan fingerprint density at radius 2 is 1.79 bits per heavy atom. The van der Waals surface area contributed by atoms with Gasteiger partial charge in [0.2, 0.25) is 0 Å². The average Bonchev–Trinajstić information content (AvgIpc) is 2.78. The summed E-state index contributed by atoms with van der Waals surface area (Å²) in [5.74, 6) is 1.70. The van der Waals surface area contributed by atoms with Crippen molar-refractivity contribution in [3.63, 3.8) is 0 Å². The molecule has 6 heteroatoms. The molecular formula is C23H22N4OS. The molecule has 0 radical (unpaired) electrons. The maximum Gasteiger partial charge on any atom is 0.144 e. The molecule has 29 heavy (non-hydrogen) atoms. The number of fused-ring (bicyclic) bond motifs is 2. The van der Waals surface area contributed by atoms with Crippen LogP contribution in [0.25, 0.3) is 21.8 Å². The SMILES string of the molecule is c1cnc2c(CSc3nc(CN4CCOCC4)nc4ccccc34)cccc2c1. The summed E-state index contributed by atoms with van der Waals surface area (Å²) in [6.45, 7) is 4.19. The number of hydrogen-bond donors (Lipinski definition) is 0. The first-order valence-corrected chi connectivity index (χ1v) is 10.9. The van der Waals surface area contributed by atoms with E-state index in [1.165, 1.54) is 10.9 Å². The van der Waals surface area contributed by atoms with Crippen LogP contribution in [0.2, 0.25) is 0 Å². The first-order valence-electron chi connectivity index (χ1n) is 9.88.